The van der Waals surface area contributed by atoms with Crippen molar-refractivity contribution < 1.29 is 9.47 Å². The van der Waals surface area contributed by atoms with Crippen LogP contribution in [0.1, 0.15) is 0 Å². The van der Waals surface area contributed by atoms with E-state index in [0.717, 1.165) is 39.9 Å². The molecule has 2 aliphatic heterocycles. The quantitative estimate of drug-likeness (QED) is 0.404. The molecule has 2 rings (SSSR count). The first-order valence-electron chi connectivity index (χ1n) is 6.75. The van der Waals surface area contributed by atoms with Gasteiger partial charge in [0.2, 0.25) is 0 Å². The number of hydrogen-bond acceptors (Lipinski definition) is 8. The molecule has 0 aromatic carbocycles. The first-order chi connectivity index (χ1) is 10.2. The lowest BCUT2D eigenvalue weighted by atomic mass is 10.4. The molecule has 2 atom stereocenters. The van der Waals surface area contributed by atoms with Gasteiger partial charge in [-0.05, 0) is 0 Å². The summed E-state index contributed by atoms with van der Waals surface area (Å²) in [4.78, 5) is 0. The summed E-state index contributed by atoms with van der Waals surface area (Å²) in [5.74, 6) is 0. The Balaban J connectivity index is 1.53. The maximum atomic E-state index is 5.53. The number of ether oxygens (including phenoxy) is 2. The second-order valence-electron chi connectivity index (χ2n) is 4.40. The van der Waals surface area contributed by atoms with Gasteiger partial charge in [-0.1, -0.05) is 48.0 Å². The molecule has 2 unspecified atom stereocenters. The van der Waals surface area contributed by atoms with Crippen molar-refractivity contribution in [2.45, 2.75) is 12.5 Å². The molecule has 0 amide bonds. The Morgan fingerprint density at radius 1 is 0.952 bits per heavy atom. The predicted molar refractivity (Wildman–Crippen MR) is 96.7 cm³/mol. The van der Waals surface area contributed by atoms with Gasteiger partial charge >= 0.3 is 0 Å². The van der Waals surface area contributed by atoms with Crippen LogP contribution in [0.2, 0.25) is 0 Å². The van der Waals surface area contributed by atoms with Gasteiger partial charge in [0.1, 0.15) is 21.1 Å². The molecular weight excluding hydrogens is 348 g/mol. The zero-order chi connectivity index (χ0) is 14.9. The van der Waals surface area contributed by atoms with Crippen molar-refractivity contribution >= 4 is 56.6 Å². The summed E-state index contributed by atoms with van der Waals surface area (Å²) in [6, 6.07) is 0. The smallest absolute Gasteiger partial charge is 0.141 e. The monoisotopic (exact) mass is 368 g/mol. The van der Waals surface area contributed by atoms with Crippen molar-refractivity contribution in [2.24, 2.45) is 0 Å². The topological polar surface area (TPSA) is 66.6 Å². The maximum absolute atomic E-state index is 5.53. The summed E-state index contributed by atoms with van der Waals surface area (Å²) in [6.45, 7) is 4.77. The van der Waals surface area contributed by atoms with Crippen molar-refractivity contribution in [2.75, 3.05) is 44.5 Å². The van der Waals surface area contributed by atoms with E-state index in [4.69, 9.17) is 33.9 Å². The van der Waals surface area contributed by atoms with E-state index in [9.17, 15) is 0 Å². The highest BCUT2D eigenvalue weighted by atomic mass is 32.2. The summed E-state index contributed by atoms with van der Waals surface area (Å²) in [5, 5.41) is 13.6. The second kappa shape index (κ2) is 10.2. The van der Waals surface area contributed by atoms with Crippen LogP contribution in [-0.4, -0.2) is 65.6 Å². The fraction of sp³-hybridized carbons (Fsp3) is 0.818. The highest BCUT2D eigenvalue weighted by Gasteiger charge is 2.15. The zero-order valence-corrected chi connectivity index (χ0v) is 14.8. The Morgan fingerprint density at radius 2 is 1.43 bits per heavy atom. The second-order valence-corrected chi connectivity index (χ2v) is 8.07. The predicted octanol–water partition coefficient (Wildman–Crippen LogP) is 0.0511. The summed E-state index contributed by atoms with van der Waals surface area (Å²) < 4.78 is 12.5. The standard InChI is InChI=1S/C11H20N4O2S4/c18-10(14-8-5-12-1-3-16-8)20-7-21-11(19)15-9-6-13-2-4-17-9/h8-9,12-13H,1-7H2,(H,14,18)(H,15,19). The third-order valence-corrected chi connectivity index (χ3v) is 5.44. The summed E-state index contributed by atoms with van der Waals surface area (Å²) >= 11 is 13.7. The maximum Gasteiger partial charge on any atom is 0.141 e. The summed E-state index contributed by atoms with van der Waals surface area (Å²) in [6.07, 6.45) is -0.0638. The Bertz CT molecular complexity index is 317. The van der Waals surface area contributed by atoms with E-state index in [0.29, 0.717) is 13.2 Å². The number of hydrogen-bond donors (Lipinski definition) is 4. The number of morpholine rings is 2. The van der Waals surface area contributed by atoms with Gasteiger partial charge < -0.3 is 30.7 Å². The molecule has 4 N–H and O–H groups in total. The molecular formula is C11H20N4O2S4. The first-order valence-corrected chi connectivity index (χ1v) is 9.54. The lowest BCUT2D eigenvalue weighted by Gasteiger charge is -2.26. The van der Waals surface area contributed by atoms with E-state index in [-0.39, 0.29) is 12.5 Å². The van der Waals surface area contributed by atoms with Gasteiger partial charge in [-0.3, -0.25) is 0 Å². The van der Waals surface area contributed by atoms with E-state index >= 15 is 0 Å². The number of nitrogens with one attached hydrogen (secondary N) is 4. The van der Waals surface area contributed by atoms with Crippen molar-refractivity contribution in [3.8, 4) is 0 Å². The summed E-state index contributed by atoms with van der Waals surface area (Å²) in [7, 11) is 0. The Hall–Kier alpha value is 0.320. The Kier molecular flexibility index (Phi) is 8.55. The molecule has 21 heavy (non-hydrogen) atoms. The highest BCUT2D eigenvalue weighted by Crippen LogP contribution is 2.15. The summed E-state index contributed by atoms with van der Waals surface area (Å²) in [5.41, 5.74) is 0. The van der Waals surface area contributed by atoms with Crippen LogP contribution in [0, 0.1) is 0 Å². The normalized spacial score (nSPS) is 26.1. The van der Waals surface area contributed by atoms with E-state index in [1.54, 1.807) is 23.5 Å². The van der Waals surface area contributed by atoms with E-state index in [2.05, 4.69) is 21.3 Å². The average Bonchev–Trinajstić information content (AvgIpc) is 2.49. The van der Waals surface area contributed by atoms with Crippen molar-refractivity contribution in [1.29, 1.82) is 0 Å². The fourth-order valence-electron chi connectivity index (χ4n) is 1.80. The van der Waals surface area contributed by atoms with Crippen molar-refractivity contribution in [1.82, 2.24) is 21.3 Å². The largest absolute Gasteiger partial charge is 0.356 e. The third kappa shape index (κ3) is 7.42. The highest BCUT2D eigenvalue weighted by molar-refractivity contribution is 8.35. The van der Waals surface area contributed by atoms with Gasteiger partial charge in [-0.25, -0.2) is 0 Å². The van der Waals surface area contributed by atoms with Gasteiger partial charge in [0.25, 0.3) is 0 Å². The first kappa shape index (κ1) is 17.7. The van der Waals surface area contributed by atoms with Gasteiger partial charge in [0, 0.05) is 26.2 Å². The minimum atomic E-state index is -0.0319. The van der Waals surface area contributed by atoms with Crippen LogP contribution >= 0.6 is 48.0 Å². The minimum Gasteiger partial charge on any atom is -0.356 e. The third-order valence-electron chi connectivity index (χ3n) is 2.79. The molecule has 0 saturated carbocycles. The molecule has 2 aliphatic rings. The molecule has 0 aromatic rings. The lowest BCUT2D eigenvalue weighted by Crippen LogP contribution is -2.48. The van der Waals surface area contributed by atoms with Gasteiger partial charge in [-0.2, -0.15) is 0 Å². The van der Waals surface area contributed by atoms with E-state index in [1.807, 2.05) is 0 Å². The molecule has 0 aliphatic carbocycles. The molecule has 2 heterocycles. The Labute approximate surface area is 144 Å². The SMILES string of the molecule is S=C(NC1CNCCO1)SCSC(=S)NC1CNCCO1. The molecule has 0 spiro atoms. The molecule has 0 bridgehead atoms. The lowest BCUT2D eigenvalue weighted by molar-refractivity contribution is 0.0203. The van der Waals surface area contributed by atoms with E-state index in [1.165, 1.54) is 0 Å². The Morgan fingerprint density at radius 3 is 1.81 bits per heavy atom. The fourth-order valence-corrected chi connectivity index (χ4v) is 4.45. The molecule has 6 nitrogen and oxygen atoms in total. The molecule has 0 aromatic heterocycles. The van der Waals surface area contributed by atoms with Crippen LogP contribution in [0.25, 0.3) is 0 Å². The van der Waals surface area contributed by atoms with E-state index < -0.39 is 0 Å². The molecule has 10 heteroatoms. The average molecular weight is 369 g/mol. The minimum absolute atomic E-state index is 0.0319. The van der Waals surface area contributed by atoms with Gasteiger partial charge in [-0.15, -0.1) is 0 Å². The molecule has 0 radical (unpaired) electrons. The van der Waals surface area contributed by atoms with Crippen molar-refractivity contribution in [3.63, 3.8) is 0 Å². The molecule has 120 valence electrons. The van der Waals surface area contributed by atoms with Crippen LogP contribution in [0.15, 0.2) is 0 Å². The van der Waals surface area contributed by atoms with Gasteiger partial charge in [0.05, 0.1) is 18.3 Å². The number of thioether (sulfide) groups is 2. The van der Waals surface area contributed by atoms with Crippen molar-refractivity contribution in [3.05, 3.63) is 0 Å². The van der Waals surface area contributed by atoms with Crippen LogP contribution in [0.3, 0.4) is 0 Å². The van der Waals surface area contributed by atoms with Crippen LogP contribution in [-0.2, 0) is 9.47 Å². The van der Waals surface area contributed by atoms with Gasteiger partial charge in [0.15, 0.2) is 0 Å². The van der Waals surface area contributed by atoms with Crippen LogP contribution in [0.5, 0.6) is 0 Å². The number of thiocarbonyl (C=S) groups is 2. The molecule has 2 saturated heterocycles. The van der Waals surface area contributed by atoms with Crippen LogP contribution < -0.4 is 21.3 Å². The number of rotatable bonds is 4. The zero-order valence-electron chi connectivity index (χ0n) is 11.6. The molecule has 2 fully saturated rings. The van der Waals surface area contributed by atoms with Crippen LogP contribution in [0.4, 0.5) is 0 Å².